The second kappa shape index (κ2) is 5.98. The minimum Gasteiger partial charge on any atom is -0.479 e. The topological polar surface area (TPSA) is 84.2 Å². The van der Waals surface area contributed by atoms with Gasteiger partial charge in [0.05, 0.1) is 11.9 Å². The van der Waals surface area contributed by atoms with Crippen LogP contribution in [0.25, 0.3) is 0 Å². The van der Waals surface area contributed by atoms with Gasteiger partial charge in [0.2, 0.25) is 5.91 Å². The molecule has 1 amide bonds. The SMILES string of the molecule is CC(C)(C(=O)O)n1cc(NC(=O)C2CC2C2CCCCC2)cn1. The van der Waals surface area contributed by atoms with Crippen LogP contribution in [0.1, 0.15) is 52.4 Å². The van der Waals surface area contributed by atoms with E-state index in [1.165, 1.54) is 43.0 Å². The van der Waals surface area contributed by atoms with Gasteiger partial charge in [-0.15, -0.1) is 0 Å². The molecule has 0 aromatic carbocycles. The highest BCUT2D eigenvalue weighted by Crippen LogP contribution is 2.49. The van der Waals surface area contributed by atoms with Gasteiger partial charge in [-0.2, -0.15) is 5.10 Å². The van der Waals surface area contributed by atoms with Crippen LogP contribution in [0.2, 0.25) is 0 Å². The molecule has 1 aromatic rings. The summed E-state index contributed by atoms with van der Waals surface area (Å²) in [5.41, 5.74) is -0.564. The van der Waals surface area contributed by atoms with E-state index in [0.29, 0.717) is 17.5 Å². The molecule has 23 heavy (non-hydrogen) atoms. The fourth-order valence-electron chi connectivity index (χ4n) is 3.63. The third-order valence-electron chi connectivity index (χ3n) is 5.38. The number of anilines is 1. The van der Waals surface area contributed by atoms with Crippen LogP contribution in [0, 0.1) is 17.8 Å². The number of hydrogen-bond acceptors (Lipinski definition) is 3. The van der Waals surface area contributed by atoms with Gasteiger partial charge < -0.3 is 10.4 Å². The Labute approximate surface area is 136 Å². The number of aromatic nitrogens is 2. The van der Waals surface area contributed by atoms with Crippen molar-refractivity contribution in [1.29, 1.82) is 0 Å². The monoisotopic (exact) mass is 319 g/mol. The number of rotatable bonds is 5. The molecule has 0 spiro atoms. The summed E-state index contributed by atoms with van der Waals surface area (Å²) in [7, 11) is 0. The zero-order valence-corrected chi connectivity index (χ0v) is 13.8. The first-order valence-electron chi connectivity index (χ1n) is 8.49. The number of carboxylic acid groups (broad SMARTS) is 1. The third kappa shape index (κ3) is 3.26. The Morgan fingerprint density at radius 1 is 1.30 bits per heavy atom. The molecule has 2 saturated carbocycles. The lowest BCUT2D eigenvalue weighted by Crippen LogP contribution is -2.35. The van der Waals surface area contributed by atoms with Crippen molar-refractivity contribution in [3.05, 3.63) is 12.4 Å². The maximum Gasteiger partial charge on any atom is 0.331 e. The number of carboxylic acids is 1. The summed E-state index contributed by atoms with van der Waals surface area (Å²) in [4.78, 5) is 23.6. The van der Waals surface area contributed by atoms with Crippen molar-refractivity contribution >= 4 is 17.6 Å². The lowest BCUT2D eigenvalue weighted by atomic mass is 9.85. The minimum atomic E-state index is -1.13. The van der Waals surface area contributed by atoms with Crippen LogP contribution in [-0.4, -0.2) is 26.8 Å². The van der Waals surface area contributed by atoms with E-state index in [1.807, 2.05) is 0 Å². The normalized spacial score (nSPS) is 25.1. The maximum atomic E-state index is 12.4. The van der Waals surface area contributed by atoms with Gasteiger partial charge in [0.1, 0.15) is 0 Å². The standard InChI is InChI=1S/C17H25N3O3/c1-17(2,16(22)23)20-10-12(9-18-20)19-15(21)14-8-13(14)11-6-4-3-5-7-11/h9-11,13-14H,3-8H2,1-2H3,(H,19,21)(H,22,23). The van der Waals surface area contributed by atoms with Crippen LogP contribution >= 0.6 is 0 Å². The maximum absolute atomic E-state index is 12.4. The Balaban J connectivity index is 1.57. The van der Waals surface area contributed by atoms with Crippen molar-refractivity contribution in [3.8, 4) is 0 Å². The summed E-state index contributed by atoms with van der Waals surface area (Å²) in [6.45, 7) is 3.15. The molecule has 6 nitrogen and oxygen atoms in total. The van der Waals surface area contributed by atoms with E-state index in [2.05, 4.69) is 10.4 Å². The van der Waals surface area contributed by atoms with E-state index in [-0.39, 0.29) is 11.8 Å². The molecule has 6 heteroatoms. The molecule has 2 fully saturated rings. The van der Waals surface area contributed by atoms with Crippen molar-refractivity contribution in [1.82, 2.24) is 9.78 Å². The Morgan fingerprint density at radius 2 is 2.00 bits per heavy atom. The smallest absolute Gasteiger partial charge is 0.331 e. The molecule has 0 radical (unpaired) electrons. The summed E-state index contributed by atoms with van der Waals surface area (Å²) < 4.78 is 1.37. The Bertz CT molecular complexity index is 602. The number of carbonyl (C=O) groups excluding carboxylic acids is 1. The average molecular weight is 319 g/mol. The highest BCUT2D eigenvalue weighted by atomic mass is 16.4. The fraction of sp³-hybridized carbons (Fsp3) is 0.706. The summed E-state index contributed by atoms with van der Waals surface area (Å²) in [5, 5.41) is 16.2. The third-order valence-corrected chi connectivity index (χ3v) is 5.38. The first kappa shape index (κ1) is 16.0. The second-order valence-corrected chi connectivity index (χ2v) is 7.43. The van der Waals surface area contributed by atoms with E-state index in [0.717, 1.165) is 6.42 Å². The molecule has 2 aliphatic carbocycles. The van der Waals surface area contributed by atoms with Gasteiger partial charge in [-0.1, -0.05) is 32.1 Å². The molecule has 3 rings (SSSR count). The molecule has 2 unspecified atom stereocenters. The molecule has 2 aliphatic rings. The Kier molecular flexibility index (Phi) is 4.17. The van der Waals surface area contributed by atoms with Gasteiger partial charge in [0.15, 0.2) is 5.54 Å². The number of hydrogen-bond donors (Lipinski definition) is 2. The predicted molar refractivity (Wildman–Crippen MR) is 86.0 cm³/mol. The molecule has 0 saturated heterocycles. The lowest BCUT2D eigenvalue weighted by molar-refractivity contribution is -0.146. The molecule has 126 valence electrons. The van der Waals surface area contributed by atoms with Crippen molar-refractivity contribution in [3.63, 3.8) is 0 Å². The molecule has 1 aromatic heterocycles. The van der Waals surface area contributed by atoms with Gasteiger partial charge >= 0.3 is 5.97 Å². The van der Waals surface area contributed by atoms with Crippen molar-refractivity contribution < 1.29 is 14.7 Å². The fourth-order valence-corrected chi connectivity index (χ4v) is 3.63. The van der Waals surface area contributed by atoms with E-state index < -0.39 is 11.5 Å². The van der Waals surface area contributed by atoms with Crippen molar-refractivity contribution in [2.24, 2.45) is 17.8 Å². The highest BCUT2D eigenvalue weighted by molar-refractivity contribution is 5.94. The molecule has 2 N–H and O–H groups in total. The number of nitrogens with zero attached hydrogens (tertiary/aromatic N) is 2. The van der Waals surface area contributed by atoms with Crippen LogP contribution < -0.4 is 5.32 Å². The lowest BCUT2D eigenvalue weighted by Gasteiger charge is -2.21. The summed E-state index contributed by atoms with van der Waals surface area (Å²) in [5.74, 6) is 0.467. The number of aliphatic carboxylic acids is 1. The molecule has 0 aliphatic heterocycles. The summed E-state index contributed by atoms with van der Waals surface area (Å²) in [6, 6.07) is 0. The second-order valence-electron chi connectivity index (χ2n) is 7.43. The van der Waals surface area contributed by atoms with Crippen molar-refractivity contribution in [2.45, 2.75) is 57.9 Å². The van der Waals surface area contributed by atoms with Crippen LogP contribution in [0.3, 0.4) is 0 Å². The van der Waals surface area contributed by atoms with Gasteiger partial charge in [-0.3, -0.25) is 9.48 Å². The molecular formula is C17H25N3O3. The predicted octanol–water partition coefficient (Wildman–Crippen LogP) is 2.86. The molecule has 1 heterocycles. The largest absolute Gasteiger partial charge is 0.479 e. The quantitative estimate of drug-likeness (QED) is 0.874. The average Bonchev–Trinajstić information content (AvgIpc) is 3.20. The molecule has 2 atom stereocenters. The van der Waals surface area contributed by atoms with Gasteiger partial charge in [-0.05, 0) is 32.1 Å². The van der Waals surface area contributed by atoms with E-state index >= 15 is 0 Å². The summed E-state index contributed by atoms with van der Waals surface area (Å²) >= 11 is 0. The van der Waals surface area contributed by atoms with Gasteiger partial charge in [0.25, 0.3) is 0 Å². The summed E-state index contributed by atoms with van der Waals surface area (Å²) in [6.07, 6.45) is 10.5. The number of amides is 1. The highest BCUT2D eigenvalue weighted by Gasteiger charge is 2.47. The Hall–Kier alpha value is -1.85. The number of carbonyl (C=O) groups is 2. The van der Waals surface area contributed by atoms with Crippen LogP contribution in [0.4, 0.5) is 5.69 Å². The molecule has 0 bridgehead atoms. The van der Waals surface area contributed by atoms with Gasteiger partial charge in [-0.25, -0.2) is 4.79 Å². The molecular weight excluding hydrogens is 294 g/mol. The zero-order chi connectivity index (χ0) is 16.6. The minimum absolute atomic E-state index is 0.0493. The first-order chi connectivity index (χ1) is 10.9. The van der Waals surface area contributed by atoms with Crippen LogP contribution in [0.5, 0.6) is 0 Å². The van der Waals surface area contributed by atoms with Crippen LogP contribution in [0.15, 0.2) is 12.4 Å². The van der Waals surface area contributed by atoms with Crippen LogP contribution in [-0.2, 0) is 15.1 Å². The first-order valence-corrected chi connectivity index (χ1v) is 8.49. The number of nitrogens with one attached hydrogen (secondary N) is 1. The Morgan fingerprint density at radius 3 is 2.65 bits per heavy atom. The van der Waals surface area contributed by atoms with E-state index in [4.69, 9.17) is 0 Å². The van der Waals surface area contributed by atoms with Gasteiger partial charge in [0, 0.05) is 12.1 Å². The zero-order valence-electron chi connectivity index (χ0n) is 13.8. The van der Waals surface area contributed by atoms with E-state index in [1.54, 1.807) is 20.0 Å². The van der Waals surface area contributed by atoms with E-state index in [9.17, 15) is 14.7 Å². The van der Waals surface area contributed by atoms with Crippen molar-refractivity contribution in [2.75, 3.05) is 5.32 Å².